The molecule has 0 aliphatic heterocycles. The Morgan fingerprint density at radius 3 is 2.24 bits per heavy atom. The molecular weight excluding hydrogens is 500 g/mol. The molecule has 0 saturated carbocycles. The number of methoxy groups -OCH3 is 1. The molecule has 0 spiro atoms. The van der Waals surface area contributed by atoms with Crippen LogP contribution in [0.15, 0.2) is 47.6 Å². The zero-order valence-electron chi connectivity index (χ0n) is 16.1. The average Bonchev–Trinajstić information content (AvgIpc) is 2.68. The zero-order chi connectivity index (χ0) is 20.4. The normalized spacial score (nSPS) is 11.6. The first-order valence-corrected chi connectivity index (χ1v) is 8.55. The van der Waals surface area contributed by atoms with Crippen molar-refractivity contribution in [2.45, 2.75) is 25.9 Å². The Morgan fingerprint density at radius 1 is 1.03 bits per heavy atom. The Morgan fingerprint density at radius 2 is 1.66 bits per heavy atom. The molecule has 10 heteroatoms. The number of aliphatic imine (C=N–C) groups is 1. The van der Waals surface area contributed by atoms with Crippen LogP contribution < -0.4 is 15.4 Å². The van der Waals surface area contributed by atoms with E-state index < -0.39 is 12.8 Å². The van der Waals surface area contributed by atoms with Crippen LogP contribution in [-0.2, 0) is 24.4 Å². The van der Waals surface area contributed by atoms with Gasteiger partial charge in [0.2, 0.25) is 5.88 Å². The lowest BCUT2D eigenvalue weighted by molar-refractivity contribution is -0.176. The Bertz CT molecular complexity index is 771. The van der Waals surface area contributed by atoms with Crippen LogP contribution in [0.3, 0.4) is 0 Å². The van der Waals surface area contributed by atoms with Gasteiger partial charge in [-0.05, 0) is 22.8 Å². The molecule has 0 amide bonds. The molecule has 1 aromatic heterocycles. The SMILES string of the molecule is CN=C(NCc1ccc(COCC(F)(F)F)cc1)NCc1ccnc(OC)c1.I. The molecular formula is C19H24F3IN4O2. The van der Waals surface area contributed by atoms with Gasteiger partial charge in [0, 0.05) is 32.4 Å². The van der Waals surface area contributed by atoms with Gasteiger partial charge >= 0.3 is 6.18 Å². The second-order valence-corrected chi connectivity index (χ2v) is 5.91. The fourth-order valence-corrected chi connectivity index (χ4v) is 2.30. The average molecular weight is 524 g/mol. The fourth-order valence-electron chi connectivity index (χ4n) is 2.30. The van der Waals surface area contributed by atoms with E-state index in [9.17, 15) is 13.2 Å². The van der Waals surface area contributed by atoms with E-state index in [-0.39, 0.29) is 30.6 Å². The molecule has 2 N–H and O–H groups in total. The van der Waals surface area contributed by atoms with Crippen molar-refractivity contribution in [3.05, 3.63) is 59.3 Å². The summed E-state index contributed by atoms with van der Waals surface area (Å²) in [6.45, 7) is -0.259. The van der Waals surface area contributed by atoms with Gasteiger partial charge in [-0.1, -0.05) is 24.3 Å². The largest absolute Gasteiger partial charge is 0.481 e. The number of benzene rings is 1. The summed E-state index contributed by atoms with van der Waals surface area (Å²) < 4.78 is 46.0. The molecule has 6 nitrogen and oxygen atoms in total. The van der Waals surface area contributed by atoms with E-state index in [4.69, 9.17) is 4.74 Å². The van der Waals surface area contributed by atoms with Crippen LogP contribution in [0.5, 0.6) is 5.88 Å². The Labute approximate surface area is 184 Å². The molecule has 160 valence electrons. The lowest BCUT2D eigenvalue weighted by Gasteiger charge is -2.13. The molecule has 1 heterocycles. The molecule has 0 unspecified atom stereocenters. The first-order chi connectivity index (χ1) is 13.4. The first-order valence-electron chi connectivity index (χ1n) is 8.55. The van der Waals surface area contributed by atoms with Crippen LogP contribution in [-0.4, -0.2) is 37.9 Å². The van der Waals surface area contributed by atoms with E-state index >= 15 is 0 Å². The van der Waals surface area contributed by atoms with E-state index in [1.807, 2.05) is 24.3 Å². The molecule has 1 aromatic carbocycles. The molecule has 0 aliphatic carbocycles. The number of halogens is 4. The Balaban J connectivity index is 0.00000420. The van der Waals surface area contributed by atoms with Gasteiger partial charge in [0.15, 0.2) is 5.96 Å². The second-order valence-electron chi connectivity index (χ2n) is 5.91. The summed E-state index contributed by atoms with van der Waals surface area (Å²) in [4.78, 5) is 8.22. The molecule has 29 heavy (non-hydrogen) atoms. The van der Waals surface area contributed by atoms with Crippen LogP contribution in [0.1, 0.15) is 16.7 Å². The summed E-state index contributed by atoms with van der Waals surface area (Å²) in [5.74, 6) is 1.16. The summed E-state index contributed by atoms with van der Waals surface area (Å²) in [5.41, 5.74) is 2.65. The molecule has 2 aromatic rings. The number of hydrogen-bond donors (Lipinski definition) is 2. The summed E-state index contributed by atoms with van der Waals surface area (Å²) in [6.07, 6.45) is -2.64. The van der Waals surface area contributed by atoms with Crippen LogP contribution in [0.25, 0.3) is 0 Å². The summed E-state index contributed by atoms with van der Waals surface area (Å²) in [7, 11) is 3.23. The highest BCUT2D eigenvalue weighted by molar-refractivity contribution is 14.0. The minimum atomic E-state index is -4.31. The minimum Gasteiger partial charge on any atom is -0.481 e. The number of guanidine groups is 1. The maximum absolute atomic E-state index is 12.1. The van der Waals surface area contributed by atoms with E-state index in [1.54, 1.807) is 32.5 Å². The third kappa shape index (κ3) is 9.79. The predicted molar refractivity (Wildman–Crippen MR) is 115 cm³/mol. The minimum absolute atomic E-state index is 0. The van der Waals surface area contributed by atoms with Crippen molar-refractivity contribution in [1.82, 2.24) is 15.6 Å². The van der Waals surface area contributed by atoms with Crippen molar-refractivity contribution in [2.75, 3.05) is 20.8 Å². The number of ether oxygens (including phenoxy) is 2. The molecule has 0 bridgehead atoms. The summed E-state index contributed by atoms with van der Waals surface area (Å²) >= 11 is 0. The third-order valence-electron chi connectivity index (χ3n) is 3.71. The number of hydrogen-bond acceptors (Lipinski definition) is 4. The molecule has 2 rings (SSSR count). The molecule has 0 radical (unpaired) electrons. The Kier molecular flexibility index (Phi) is 10.7. The lowest BCUT2D eigenvalue weighted by Crippen LogP contribution is -2.36. The van der Waals surface area contributed by atoms with Crippen molar-refractivity contribution < 1.29 is 22.6 Å². The van der Waals surface area contributed by atoms with Crippen LogP contribution in [0.4, 0.5) is 13.2 Å². The van der Waals surface area contributed by atoms with Gasteiger partial charge in [0.05, 0.1) is 13.7 Å². The number of nitrogens with one attached hydrogen (secondary N) is 2. The number of alkyl halides is 3. The van der Waals surface area contributed by atoms with Crippen molar-refractivity contribution in [3.63, 3.8) is 0 Å². The highest BCUT2D eigenvalue weighted by Crippen LogP contribution is 2.16. The quantitative estimate of drug-likeness (QED) is 0.314. The molecule has 0 fully saturated rings. The molecule has 0 aliphatic rings. The van der Waals surface area contributed by atoms with E-state index in [0.717, 1.165) is 11.1 Å². The summed E-state index contributed by atoms with van der Waals surface area (Å²) in [5, 5.41) is 6.37. The molecule has 0 saturated heterocycles. The maximum Gasteiger partial charge on any atom is 0.411 e. The topological polar surface area (TPSA) is 67.8 Å². The number of pyridine rings is 1. The zero-order valence-corrected chi connectivity index (χ0v) is 18.5. The summed E-state index contributed by atoms with van der Waals surface area (Å²) in [6, 6.07) is 10.9. The van der Waals surface area contributed by atoms with Gasteiger partial charge in [-0.3, -0.25) is 4.99 Å². The van der Waals surface area contributed by atoms with Crippen LogP contribution >= 0.6 is 24.0 Å². The third-order valence-corrected chi connectivity index (χ3v) is 3.71. The predicted octanol–water partition coefficient (Wildman–Crippen LogP) is 3.65. The van der Waals surface area contributed by atoms with E-state index in [0.29, 0.717) is 30.5 Å². The first kappa shape index (κ1) is 25.0. The maximum atomic E-state index is 12.1. The van der Waals surface area contributed by atoms with Crippen LogP contribution in [0.2, 0.25) is 0 Å². The monoisotopic (exact) mass is 524 g/mol. The lowest BCUT2D eigenvalue weighted by atomic mass is 10.1. The standard InChI is InChI=1S/C19H23F3N4O2.HI/c1-23-18(26-11-16-7-8-24-17(9-16)27-2)25-10-14-3-5-15(6-4-14)12-28-13-19(20,21)22;/h3-9H,10-13H2,1-2H3,(H2,23,25,26);1H. The highest BCUT2D eigenvalue weighted by atomic mass is 127. The van der Waals surface area contributed by atoms with Gasteiger partial charge < -0.3 is 20.1 Å². The van der Waals surface area contributed by atoms with Crippen molar-refractivity contribution in [1.29, 1.82) is 0 Å². The number of aromatic nitrogens is 1. The van der Waals surface area contributed by atoms with Gasteiger partial charge in [-0.25, -0.2) is 4.98 Å². The molecule has 0 atom stereocenters. The van der Waals surface area contributed by atoms with Gasteiger partial charge in [-0.2, -0.15) is 13.2 Å². The van der Waals surface area contributed by atoms with Crippen molar-refractivity contribution >= 4 is 29.9 Å². The smallest absolute Gasteiger partial charge is 0.411 e. The van der Waals surface area contributed by atoms with Gasteiger partial charge in [0.1, 0.15) is 6.61 Å². The van der Waals surface area contributed by atoms with Gasteiger partial charge in [-0.15, -0.1) is 24.0 Å². The second kappa shape index (κ2) is 12.5. The van der Waals surface area contributed by atoms with Crippen LogP contribution in [0, 0.1) is 0 Å². The fraction of sp³-hybridized carbons (Fsp3) is 0.368. The van der Waals surface area contributed by atoms with E-state index in [1.165, 1.54) is 0 Å². The van der Waals surface area contributed by atoms with Crippen molar-refractivity contribution in [3.8, 4) is 5.88 Å². The van der Waals surface area contributed by atoms with Gasteiger partial charge in [0.25, 0.3) is 0 Å². The highest BCUT2D eigenvalue weighted by Gasteiger charge is 2.27. The number of rotatable bonds is 8. The Hall–Kier alpha value is -2.08. The van der Waals surface area contributed by atoms with Crippen molar-refractivity contribution in [2.24, 2.45) is 4.99 Å². The van der Waals surface area contributed by atoms with E-state index in [2.05, 4.69) is 25.3 Å². The number of nitrogens with zero attached hydrogens (tertiary/aromatic N) is 2.